The van der Waals surface area contributed by atoms with Crippen LogP contribution in [0.25, 0.3) is 0 Å². The molecule has 1 nitrogen and oxygen atoms in total. The molecule has 9 atom stereocenters. The smallest absolute Gasteiger partial charge is 0.104 e. The van der Waals surface area contributed by atoms with E-state index in [1.165, 1.54) is 51.4 Å². The average Bonchev–Trinajstić information content (AvgIpc) is 2.96. The van der Waals surface area contributed by atoms with Gasteiger partial charge in [0, 0.05) is 0 Å². The lowest BCUT2D eigenvalue weighted by molar-refractivity contribution is -0.155. The molecule has 0 radical (unpaired) electrons. The molecule has 0 aromatic carbocycles. The first-order chi connectivity index (χ1) is 13.3. The van der Waals surface area contributed by atoms with E-state index in [1.54, 1.807) is 0 Å². The fraction of sp³-hybridized carbons (Fsp3) is 1.00. The first kappa shape index (κ1) is 21.1. The topological polar surface area (TPSA) is 20.2 Å². The summed E-state index contributed by atoms with van der Waals surface area (Å²) >= 11 is 0. The predicted molar refractivity (Wildman–Crippen MR) is 115 cm³/mol. The molecule has 2 heteroatoms. The summed E-state index contributed by atoms with van der Waals surface area (Å²) in [5.74, 6) is 3.53. The van der Waals surface area contributed by atoms with Crippen LogP contribution in [0.1, 0.15) is 105 Å². The molecule has 4 aliphatic carbocycles. The molecule has 0 spiro atoms. The summed E-state index contributed by atoms with van der Waals surface area (Å²) in [5.41, 5.74) is 0.671. The lowest BCUT2D eigenvalue weighted by Gasteiger charge is -2.61. The minimum atomic E-state index is -0.627. The lowest BCUT2D eigenvalue weighted by atomic mass is 9.44. The van der Waals surface area contributed by atoms with Gasteiger partial charge in [-0.1, -0.05) is 47.0 Å². The Balaban J connectivity index is 1.47. The number of halogens is 1. The molecule has 4 rings (SSSR count). The van der Waals surface area contributed by atoms with Gasteiger partial charge in [0.05, 0.1) is 6.10 Å². The highest BCUT2D eigenvalue weighted by Gasteiger charge is 2.62. The van der Waals surface area contributed by atoms with Gasteiger partial charge in [-0.2, -0.15) is 0 Å². The Bertz CT molecular complexity index is 547. The second-order valence-corrected chi connectivity index (χ2v) is 12.2. The third kappa shape index (κ3) is 3.48. The quantitative estimate of drug-likeness (QED) is 0.492. The van der Waals surface area contributed by atoms with Crippen molar-refractivity contribution in [1.29, 1.82) is 0 Å². The molecule has 0 saturated heterocycles. The van der Waals surface area contributed by atoms with Crippen molar-refractivity contribution in [2.75, 3.05) is 0 Å². The molecule has 0 aliphatic heterocycles. The van der Waals surface area contributed by atoms with E-state index in [4.69, 9.17) is 0 Å². The van der Waals surface area contributed by atoms with E-state index in [0.29, 0.717) is 29.1 Å². The maximum atomic E-state index is 15.6. The maximum absolute atomic E-state index is 15.6. The summed E-state index contributed by atoms with van der Waals surface area (Å²) in [6, 6.07) is 0. The second kappa shape index (κ2) is 7.86. The fourth-order valence-corrected chi connectivity index (χ4v) is 8.67. The molecule has 162 valence electrons. The number of hydrogen-bond donors (Lipinski definition) is 1. The van der Waals surface area contributed by atoms with Gasteiger partial charge in [0.15, 0.2) is 0 Å². The Morgan fingerprint density at radius 3 is 2.39 bits per heavy atom. The lowest BCUT2D eigenvalue weighted by Crippen LogP contribution is -2.57. The summed E-state index contributed by atoms with van der Waals surface area (Å²) in [5, 5.41) is 10.2. The third-order valence-electron chi connectivity index (χ3n) is 10.4. The van der Waals surface area contributed by atoms with Gasteiger partial charge in [0.1, 0.15) is 6.17 Å². The third-order valence-corrected chi connectivity index (χ3v) is 10.4. The first-order valence-electron chi connectivity index (χ1n) is 12.6. The van der Waals surface area contributed by atoms with E-state index in [0.717, 1.165) is 37.5 Å². The summed E-state index contributed by atoms with van der Waals surface area (Å²) < 4.78 is 15.6. The van der Waals surface area contributed by atoms with Crippen molar-refractivity contribution in [2.45, 2.75) is 117 Å². The summed E-state index contributed by atoms with van der Waals surface area (Å²) in [6.07, 6.45) is 13.5. The highest BCUT2D eigenvalue weighted by Crippen LogP contribution is 2.68. The Hall–Kier alpha value is -0.110. The van der Waals surface area contributed by atoms with Crippen LogP contribution in [0, 0.1) is 46.3 Å². The Kier molecular flexibility index (Phi) is 5.93. The van der Waals surface area contributed by atoms with Crippen molar-refractivity contribution in [3.63, 3.8) is 0 Å². The molecule has 28 heavy (non-hydrogen) atoms. The van der Waals surface area contributed by atoms with Gasteiger partial charge in [-0.3, -0.25) is 0 Å². The van der Waals surface area contributed by atoms with Gasteiger partial charge in [0.25, 0.3) is 0 Å². The van der Waals surface area contributed by atoms with E-state index in [9.17, 15) is 5.11 Å². The van der Waals surface area contributed by atoms with Gasteiger partial charge in [-0.15, -0.1) is 0 Å². The fourth-order valence-electron chi connectivity index (χ4n) is 8.67. The van der Waals surface area contributed by atoms with Crippen molar-refractivity contribution in [2.24, 2.45) is 46.3 Å². The predicted octanol–water partition coefficient (Wildman–Crippen LogP) is 7.17. The summed E-state index contributed by atoms with van der Waals surface area (Å²) in [7, 11) is 0. The van der Waals surface area contributed by atoms with Crippen LogP contribution in [0.5, 0.6) is 0 Å². The number of unbranched alkanes of at least 4 members (excludes halogenated alkanes) is 1. The zero-order valence-corrected chi connectivity index (χ0v) is 18.9. The molecular formula is C26H45FO. The van der Waals surface area contributed by atoms with E-state index >= 15 is 4.39 Å². The van der Waals surface area contributed by atoms with Crippen LogP contribution in [0.2, 0.25) is 0 Å². The van der Waals surface area contributed by atoms with Crippen molar-refractivity contribution in [1.82, 2.24) is 0 Å². The Morgan fingerprint density at radius 1 is 0.929 bits per heavy atom. The molecule has 4 saturated carbocycles. The molecule has 4 unspecified atom stereocenters. The van der Waals surface area contributed by atoms with Crippen molar-refractivity contribution in [3.05, 3.63) is 0 Å². The summed E-state index contributed by atoms with van der Waals surface area (Å²) in [6.45, 7) is 9.67. The average molecular weight is 393 g/mol. The number of alkyl halides is 1. The minimum absolute atomic E-state index is 0.183. The van der Waals surface area contributed by atoms with Crippen LogP contribution in [-0.4, -0.2) is 17.4 Å². The van der Waals surface area contributed by atoms with Gasteiger partial charge in [0.2, 0.25) is 0 Å². The molecular weight excluding hydrogens is 347 g/mol. The summed E-state index contributed by atoms with van der Waals surface area (Å²) in [4.78, 5) is 0. The van der Waals surface area contributed by atoms with E-state index in [-0.39, 0.29) is 11.5 Å². The highest BCUT2D eigenvalue weighted by atomic mass is 19.1. The zero-order chi connectivity index (χ0) is 20.1. The van der Waals surface area contributed by atoms with E-state index in [2.05, 4.69) is 27.7 Å². The van der Waals surface area contributed by atoms with Gasteiger partial charge >= 0.3 is 0 Å². The second-order valence-electron chi connectivity index (χ2n) is 12.2. The monoisotopic (exact) mass is 392 g/mol. The number of hydrogen-bond acceptors (Lipinski definition) is 1. The van der Waals surface area contributed by atoms with Crippen LogP contribution >= 0.6 is 0 Å². The van der Waals surface area contributed by atoms with Crippen LogP contribution in [0.15, 0.2) is 0 Å². The van der Waals surface area contributed by atoms with Crippen LogP contribution in [0.4, 0.5) is 4.39 Å². The highest BCUT2D eigenvalue weighted by molar-refractivity contribution is 5.11. The zero-order valence-electron chi connectivity index (χ0n) is 18.9. The first-order valence-corrected chi connectivity index (χ1v) is 12.6. The van der Waals surface area contributed by atoms with E-state index < -0.39 is 6.17 Å². The molecule has 0 amide bonds. The van der Waals surface area contributed by atoms with Gasteiger partial charge < -0.3 is 5.11 Å². The SMILES string of the molecule is CC(C)CCCC[C@H]1CCC2C3C(CC[C@@]21C)[C@@]1(C)CC[C@H](O)CC1C[C@@H]3F. The number of rotatable bonds is 5. The number of aliphatic hydroxyl groups is 1. The van der Waals surface area contributed by atoms with Crippen LogP contribution in [-0.2, 0) is 0 Å². The van der Waals surface area contributed by atoms with Crippen LogP contribution < -0.4 is 0 Å². The molecule has 0 bridgehead atoms. The van der Waals surface area contributed by atoms with Crippen molar-refractivity contribution >= 4 is 0 Å². The molecule has 4 aliphatic rings. The minimum Gasteiger partial charge on any atom is -0.393 e. The Morgan fingerprint density at radius 2 is 1.64 bits per heavy atom. The molecule has 0 aromatic rings. The van der Waals surface area contributed by atoms with Crippen molar-refractivity contribution in [3.8, 4) is 0 Å². The number of fused-ring (bicyclic) bond motifs is 5. The van der Waals surface area contributed by atoms with E-state index in [1.807, 2.05) is 0 Å². The maximum Gasteiger partial charge on any atom is 0.104 e. The van der Waals surface area contributed by atoms with Crippen molar-refractivity contribution < 1.29 is 9.50 Å². The molecule has 0 aromatic heterocycles. The Labute approximate surface area is 173 Å². The normalized spacial score (nSPS) is 50.9. The standard InChI is InChI=1S/C26H45FO/c1-17(2)7-5-6-8-18-9-10-21-24-22(12-14-25(18,21)3)26(4)13-11-20(28)15-19(26)16-23(24)27/h17-24,28H,5-16H2,1-4H3/t18-,19?,20-,21?,22?,23-,24?,25+,26-/m0/s1. The molecule has 1 N–H and O–H groups in total. The van der Waals surface area contributed by atoms with Gasteiger partial charge in [-0.05, 0) is 104 Å². The van der Waals surface area contributed by atoms with Gasteiger partial charge in [-0.25, -0.2) is 4.39 Å². The molecule has 0 heterocycles. The largest absolute Gasteiger partial charge is 0.393 e. The molecule has 4 fully saturated rings. The van der Waals surface area contributed by atoms with Crippen LogP contribution in [0.3, 0.4) is 0 Å². The number of aliphatic hydroxyl groups excluding tert-OH is 1.